The summed E-state index contributed by atoms with van der Waals surface area (Å²) in [6, 6.07) is 14.2. The summed E-state index contributed by atoms with van der Waals surface area (Å²) in [6.07, 6.45) is 1.49. The first kappa shape index (κ1) is 19.3. The number of amides is 1. The lowest BCUT2D eigenvalue weighted by atomic mass is 10.1. The lowest BCUT2D eigenvalue weighted by Crippen LogP contribution is -2.30. The Labute approximate surface area is 168 Å². The number of hydrogen-bond acceptors (Lipinski definition) is 6. The van der Waals surface area contributed by atoms with E-state index in [0.29, 0.717) is 32.7 Å². The van der Waals surface area contributed by atoms with Crippen molar-refractivity contribution in [1.82, 2.24) is 10.5 Å². The first-order valence-corrected chi connectivity index (χ1v) is 9.59. The van der Waals surface area contributed by atoms with Crippen molar-refractivity contribution in [3.8, 4) is 0 Å². The third-order valence-electron chi connectivity index (χ3n) is 5.03. The van der Waals surface area contributed by atoms with Crippen LogP contribution in [0.15, 0.2) is 47.0 Å². The lowest BCUT2D eigenvalue weighted by Gasteiger charge is -2.08. The van der Waals surface area contributed by atoms with Gasteiger partial charge in [0.1, 0.15) is 6.61 Å². The Kier molecular flexibility index (Phi) is 5.97. The quantitative estimate of drug-likeness (QED) is 0.591. The van der Waals surface area contributed by atoms with E-state index >= 15 is 0 Å². The molecule has 1 aromatic heterocycles. The highest BCUT2D eigenvalue weighted by molar-refractivity contribution is 6.00. The summed E-state index contributed by atoms with van der Waals surface area (Å²) in [5.41, 5.74) is 1.12. The number of benzene rings is 2. The molecule has 1 aliphatic heterocycles. The fourth-order valence-electron chi connectivity index (χ4n) is 3.38. The lowest BCUT2D eigenvalue weighted by molar-refractivity contribution is 0.0867. The predicted octanol–water partition coefficient (Wildman–Crippen LogP) is 3.12. The molecule has 1 fully saturated rings. The summed E-state index contributed by atoms with van der Waals surface area (Å²) in [7, 11) is 0. The summed E-state index contributed by atoms with van der Waals surface area (Å²) >= 11 is 0. The minimum absolute atomic E-state index is 0.0109. The third kappa shape index (κ3) is 4.52. The van der Waals surface area contributed by atoms with Gasteiger partial charge >= 0.3 is 0 Å². The molecule has 1 aliphatic rings. The van der Waals surface area contributed by atoms with Gasteiger partial charge in [-0.05, 0) is 28.8 Å². The molecule has 4 rings (SSSR count). The highest BCUT2D eigenvalue weighted by Crippen LogP contribution is 2.18. The van der Waals surface area contributed by atoms with Crippen LogP contribution in [0.3, 0.4) is 0 Å². The van der Waals surface area contributed by atoms with Gasteiger partial charge in [0.25, 0.3) is 5.91 Å². The van der Waals surface area contributed by atoms with E-state index in [1.54, 1.807) is 0 Å². The van der Waals surface area contributed by atoms with Crippen LogP contribution in [0.4, 0.5) is 0 Å². The van der Waals surface area contributed by atoms with Gasteiger partial charge < -0.3 is 19.3 Å². The number of nitrogens with one attached hydrogen (secondary N) is 1. The number of ether oxygens (including phenoxy) is 2. The number of nitrogens with zero attached hydrogens (tertiary/aromatic N) is 1. The van der Waals surface area contributed by atoms with Crippen LogP contribution in [-0.4, -0.2) is 37.1 Å². The summed E-state index contributed by atoms with van der Waals surface area (Å²) in [4.78, 5) is 23.8. The van der Waals surface area contributed by atoms with Gasteiger partial charge in [0.15, 0.2) is 17.7 Å². The van der Waals surface area contributed by atoms with Gasteiger partial charge in [0.2, 0.25) is 0 Å². The number of aromatic nitrogens is 1. The van der Waals surface area contributed by atoms with Gasteiger partial charge in [-0.2, -0.15) is 0 Å². The Bertz CT molecular complexity index is 1010. The van der Waals surface area contributed by atoms with E-state index in [0.717, 1.165) is 22.8 Å². The predicted molar refractivity (Wildman–Crippen MR) is 106 cm³/mol. The molecule has 1 unspecified atom stereocenters. The van der Waals surface area contributed by atoms with Crippen molar-refractivity contribution in [2.75, 3.05) is 19.8 Å². The first-order chi connectivity index (χ1) is 14.2. The maximum Gasteiger partial charge on any atom is 0.274 e. The Morgan fingerprint density at radius 1 is 1.21 bits per heavy atom. The average Bonchev–Trinajstić information content (AvgIpc) is 3.41. The number of rotatable bonds is 8. The first-order valence-electron chi connectivity index (χ1n) is 9.59. The SMILES string of the molecule is O=Cc1c(C(=O)NCC2CCOC2)noc1COCc1ccc2ccccc2c1. The molecule has 1 atom stereocenters. The van der Waals surface area contributed by atoms with Crippen molar-refractivity contribution in [2.45, 2.75) is 19.6 Å². The van der Waals surface area contributed by atoms with E-state index in [1.165, 1.54) is 0 Å². The standard InChI is InChI=1S/C22H22N2O5/c25-11-19-20(29-24-21(19)22(26)23-10-16-7-8-27-13-16)14-28-12-15-5-6-17-3-1-2-4-18(17)9-15/h1-6,9,11,16H,7-8,10,12-14H2,(H,23,26). The van der Waals surface area contributed by atoms with E-state index in [2.05, 4.69) is 22.6 Å². The van der Waals surface area contributed by atoms with Gasteiger partial charge in [-0.1, -0.05) is 41.6 Å². The largest absolute Gasteiger partial charge is 0.381 e. The summed E-state index contributed by atoms with van der Waals surface area (Å²) in [5, 5.41) is 8.85. The molecule has 2 aromatic carbocycles. The molecule has 0 radical (unpaired) electrons. The zero-order valence-corrected chi connectivity index (χ0v) is 15.9. The molecule has 29 heavy (non-hydrogen) atoms. The Morgan fingerprint density at radius 3 is 2.86 bits per heavy atom. The minimum Gasteiger partial charge on any atom is -0.381 e. The van der Waals surface area contributed by atoms with Crippen molar-refractivity contribution in [1.29, 1.82) is 0 Å². The number of fused-ring (bicyclic) bond motifs is 1. The van der Waals surface area contributed by atoms with E-state index in [9.17, 15) is 9.59 Å². The number of hydrogen-bond donors (Lipinski definition) is 1. The van der Waals surface area contributed by atoms with Crippen LogP contribution in [0.5, 0.6) is 0 Å². The maximum absolute atomic E-state index is 12.3. The number of aldehydes is 1. The molecule has 0 bridgehead atoms. The second-order valence-electron chi connectivity index (χ2n) is 7.10. The van der Waals surface area contributed by atoms with Gasteiger partial charge in [0, 0.05) is 19.1 Å². The van der Waals surface area contributed by atoms with Crippen LogP contribution in [0.1, 0.15) is 38.6 Å². The molecule has 1 N–H and O–H groups in total. The monoisotopic (exact) mass is 394 g/mol. The summed E-state index contributed by atoms with van der Waals surface area (Å²) < 4.78 is 16.2. The molecule has 0 spiro atoms. The van der Waals surface area contributed by atoms with Gasteiger partial charge in [-0.15, -0.1) is 0 Å². The van der Waals surface area contributed by atoms with Crippen LogP contribution in [0.2, 0.25) is 0 Å². The molecule has 2 heterocycles. The molecular formula is C22H22N2O5. The molecule has 150 valence electrons. The van der Waals surface area contributed by atoms with Crippen LogP contribution in [-0.2, 0) is 22.7 Å². The van der Waals surface area contributed by atoms with Gasteiger partial charge in [-0.3, -0.25) is 9.59 Å². The van der Waals surface area contributed by atoms with E-state index in [4.69, 9.17) is 14.0 Å². The van der Waals surface area contributed by atoms with Crippen molar-refractivity contribution in [3.05, 3.63) is 65.0 Å². The van der Waals surface area contributed by atoms with Crippen molar-refractivity contribution >= 4 is 23.0 Å². The fourth-order valence-corrected chi connectivity index (χ4v) is 3.38. The fraction of sp³-hybridized carbons (Fsp3) is 0.318. The van der Waals surface area contributed by atoms with E-state index in [1.807, 2.05) is 30.3 Å². The molecule has 0 aliphatic carbocycles. The molecular weight excluding hydrogens is 372 g/mol. The smallest absolute Gasteiger partial charge is 0.274 e. The van der Waals surface area contributed by atoms with E-state index < -0.39 is 5.91 Å². The highest BCUT2D eigenvalue weighted by Gasteiger charge is 2.23. The topological polar surface area (TPSA) is 90.7 Å². The van der Waals surface area contributed by atoms with Crippen molar-refractivity contribution < 1.29 is 23.6 Å². The molecule has 1 saturated heterocycles. The minimum atomic E-state index is -0.427. The second-order valence-corrected chi connectivity index (χ2v) is 7.10. The molecule has 7 nitrogen and oxygen atoms in total. The number of carbonyl (C=O) groups is 2. The van der Waals surface area contributed by atoms with Crippen LogP contribution in [0, 0.1) is 5.92 Å². The normalized spacial score (nSPS) is 16.2. The zero-order valence-electron chi connectivity index (χ0n) is 15.9. The van der Waals surface area contributed by atoms with Crippen molar-refractivity contribution in [2.24, 2.45) is 5.92 Å². The van der Waals surface area contributed by atoms with Crippen molar-refractivity contribution in [3.63, 3.8) is 0 Å². The van der Waals surface area contributed by atoms with E-state index in [-0.39, 0.29) is 29.5 Å². The van der Waals surface area contributed by atoms with Crippen LogP contribution < -0.4 is 5.32 Å². The maximum atomic E-state index is 12.3. The van der Waals surface area contributed by atoms with Crippen LogP contribution >= 0.6 is 0 Å². The Balaban J connectivity index is 1.35. The van der Waals surface area contributed by atoms with Gasteiger partial charge in [0.05, 0.1) is 18.8 Å². The molecule has 3 aromatic rings. The summed E-state index contributed by atoms with van der Waals surface area (Å²) in [5.74, 6) is 0.106. The second kappa shape index (κ2) is 8.98. The summed E-state index contributed by atoms with van der Waals surface area (Å²) in [6.45, 7) is 2.23. The molecule has 7 heteroatoms. The average molecular weight is 394 g/mol. The zero-order chi connectivity index (χ0) is 20.1. The Hall–Kier alpha value is -3.03. The third-order valence-corrected chi connectivity index (χ3v) is 5.03. The highest BCUT2D eigenvalue weighted by atomic mass is 16.5. The Morgan fingerprint density at radius 2 is 2.07 bits per heavy atom. The molecule has 1 amide bonds. The van der Waals surface area contributed by atoms with Crippen LogP contribution in [0.25, 0.3) is 10.8 Å². The number of carbonyl (C=O) groups excluding carboxylic acids is 2. The van der Waals surface area contributed by atoms with Gasteiger partial charge in [-0.25, -0.2) is 0 Å². The molecule has 0 saturated carbocycles.